The highest BCUT2D eigenvalue weighted by molar-refractivity contribution is 6.35. The molecule has 0 saturated heterocycles. The van der Waals surface area contributed by atoms with Gasteiger partial charge in [-0.15, -0.1) is 0 Å². The zero-order valence-corrected chi connectivity index (χ0v) is 7.13. The van der Waals surface area contributed by atoms with Gasteiger partial charge in [0.2, 0.25) is 5.28 Å². The lowest BCUT2D eigenvalue weighted by atomic mass is 10.4. The molecule has 4 nitrogen and oxygen atoms in total. The first-order valence-corrected chi connectivity index (χ1v) is 3.72. The predicted molar refractivity (Wildman–Crippen MR) is 46.3 cm³/mol. The van der Waals surface area contributed by atoms with Gasteiger partial charge in [0.25, 0.3) is 0 Å². The fraction of sp³-hybridized carbons (Fsp3) is 0.167. The van der Waals surface area contributed by atoms with Gasteiger partial charge in [-0.05, 0) is 11.6 Å². The van der Waals surface area contributed by atoms with Crippen LogP contribution in [0.4, 0.5) is 0 Å². The van der Waals surface area contributed by atoms with Gasteiger partial charge in [-0.3, -0.25) is 4.68 Å². The third-order valence-corrected chi connectivity index (χ3v) is 1.81. The van der Waals surface area contributed by atoms with Gasteiger partial charge in [0.15, 0.2) is 5.65 Å². The molecule has 0 N–H and O–H groups in total. The van der Waals surface area contributed by atoms with Crippen LogP contribution in [-0.2, 0) is 6.98 Å². The third-order valence-electron chi connectivity index (χ3n) is 1.35. The molecule has 0 spiro atoms. The van der Waals surface area contributed by atoms with E-state index in [2.05, 4.69) is 15.1 Å². The van der Waals surface area contributed by atoms with Crippen LogP contribution in [0.5, 0.6) is 0 Å². The van der Waals surface area contributed by atoms with Crippen LogP contribution in [0.2, 0.25) is 10.4 Å². The molecular formula is C6H4Cl2N4. The van der Waals surface area contributed by atoms with Gasteiger partial charge in [-0.2, -0.15) is 10.1 Å². The maximum atomic E-state index is 7.20. The molecule has 0 atom stereocenters. The topological polar surface area (TPSA) is 43.6 Å². The molecule has 2 aromatic rings. The van der Waals surface area contributed by atoms with Crippen LogP contribution in [0, 0.1) is 0 Å². The van der Waals surface area contributed by atoms with Crippen molar-refractivity contribution in [2.24, 2.45) is 6.98 Å². The van der Waals surface area contributed by atoms with Gasteiger partial charge < -0.3 is 0 Å². The maximum absolute atomic E-state index is 7.20. The van der Waals surface area contributed by atoms with Crippen LogP contribution in [0.1, 0.15) is 4.11 Å². The number of aromatic nitrogens is 4. The van der Waals surface area contributed by atoms with E-state index in [1.54, 1.807) is 0 Å². The summed E-state index contributed by atoms with van der Waals surface area (Å²) in [6.45, 7) is -2.41. The Balaban J connectivity index is 2.80. The summed E-state index contributed by atoms with van der Waals surface area (Å²) in [7, 11) is 0. The van der Waals surface area contributed by atoms with Crippen molar-refractivity contribution in [3.05, 3.63) is 16.6 Å². The number of aryl methyl sites for hydroxylation is 1. The van der Waals surface area contributed by atoms with Crippen molar-refractivity contribution in [3.63, 3.8) is 0 Å². The number of hydrogen-bond donors (Lipinski definition) is 0. The molecule has 0 unspecified atom stereocenters. The van der Waals surface area contributed by atoms with Crippen LogP contribution in [0.3, 0.4) is 0 Å². The summed E-state index contributed by atoms with van der Waals surface area (Å²) in [6, 6.07) is 0. The second kappa shape index (κ2) is 2.57. The lowest BCUT2D eigenvalue weighted by Crippen LogP contribution is -1.93. The summed E-state index contributed by atoms with van der Waals surface area (Å²) in [6.07, 6.45) is 1.29. The van der Waals surface area contributed by atoms with Crippen molar-refractivity contribution < 1.29 is 4.11 Å². The first-order valence-electron chi connectivity index (χ1n) is 4.47. The van der Waals surface area contributed by atoms with Crippen LogP contribution < -0.4 is 0 Å². The van der Waals surface area contributed by atoms with Crippen molar-refractivity contribution in [2.75, 3.05) is 0 Å². The number of nitrogens with zero attached hydrogens (tertiary/aromatic N) is 4. The van der Waals surface area contributed by atoms with E-state index < -0.39 is 6.98 Å². The number of hydrogen-bond acceptors (Lipinski definition) is 3. The van der Waals surface area contributed by atoms with Gasteiger partial charge in [0, 0.05) is 11.1 Å². The first kappa shape index (κ1) is 4.99. The number of fused-ring (bicyclic) bond motifs is 1. The molecule has 2 aromatic heterocycles. The van der Waals surface area contributed by atoms with E-state index in [9.17, 15) is 0 Å². The van der Waals surface area contributed by atoms with E-state index in [4.69, 9.17) is 27.3 Å². The quantitative estimate of drug-likeness (QED) is 0.486. The highest BCUT2D eigenvalue weighted by atomic mass is 35.5. The molecule has 62 valence electrons. The minimum absolute atomic E-state index is 0.0838. The highest BCUT2D eigenvalue weighted by Crippen LogP contribution is 2.20. The molecule has 0 aliphatic rings. The average Bonchev–Trinajstić information content (AvgIpc) is 2.45. The van der Waals surface area contributed by atoms with Gasteiger partial charge in [0.05, 0.1) is 11.6 Å². The van der Waals surface area contributed by atoms with E-state index >= 15 is 0 Å². The molecule has 2 rings (SSSR count). The summed E-state index contributed by atoms with van der Waals surface area (Å²) >= 11 is 11.3. The van der Waals surface area contributed by atoms with Crippen molar-refractivity contribution in [3.8, 4) is 0 Å². The Labute approximate surface area is 82.3 Å². The Hall–Kier alpha value is -0.870. The molecule has 0 fully saturated rings. The lowest BCUT2D eigenvalue weighted by Gasteiger charge is -1.94. The van der Waals surface area contributed by atoms with Crippen molar-refractivity contribution in [2.45, 2.75) is 0 Å². The summed E-state index contributed by atoms with van der Waals surface area (Å²) < 4.78 is 22.4. The molecule has 0 amide bonds. The molecule has 0 aromatic carbocycles. The van der Waals surface area contributed by atoms with Crippen molar-refractivity contribution in [1.82, 2.24) is 19.7 Å². The molecule has 12 heavy (non-hydrogen) atoms. The molecule has 0 aliphatic carbocycles. The minimum Gasteiger partial charge on any atom is -0.250 e. The second-order valence-corrected chi connectivity index (χ2v) is 2.77. The molecule has 0 saturated carbocycles. The molecule has 0 bridgehead atoms. The summed E-state index contributed by atoms with van der Waals surface area (Å²) in [5.74, 6) is 0. The Kier molecular flexibility index (Phi) is 1.07. The predicted octanol–water partition coefficient (Wildman–Crippen LogP) is 1.67. The van der Waals surface area contributed by atoms with Crippen LogP contribution in [0.15, 0.2) is 6.20 Å². The fourth-order valence-corrected chi connectivity index (χ4v) is 1.27. The Bertz CT molecular complexity index is 521. The normalized spacial score (nSPS) is 15.7. The Morgan fingerprint density at radius 2 is 2.33 bits per heavy atom. The van der Waals surface area contributed by atoms with E-state index in [0.717, 1.165) is 4.68 Å². The third kappa shape index (κ3) is 1.04. The first-order chi connectivity index (χ1) is 6.89. The molecule has 2 heterocycles. The van der Waals surface area contributed by atoms with E-state index in [1.165, 1.54) is 6.20 Å². The van der Waals surface area contributed by atoms with Crippen LogP contribution >= 0.6 is 23.2 Å². The van der Waals surface area contributed by atoms with Gasteiger partial charge in [0.1, 0.15) is 5.15 Å². The fourth-order valence-electron chi connectivity index (χ4n) is 0.849. The number of rotatable bonds is 0. The van der Waals surface area contributed by atoms with Crippen LogP contribution in [0.25, 0.3) is 11.0 Å². The molecule has 6 heteroatoms. The molecular weight excluding hydrogens is 199 g/mol. The average molecular weight is 206 g/mol. The van der Waals surface area contributed by atoms with Gasteiger partial charge >= 0.3 is 0 Å². The van der Waals surface area contributed by atoms with Gasteiger partial charge in [-0.25, -0.2) is 4.98 Å². The Morgan fingerprint density at radius 1 is 1.50 bits per heavy atom. The summed E-state index contributed by atoms with van der Waals surface area (Å²) in [4.78, 5) is 7.45. The SMILES string of the molecule is [2H]C([2H])([2H])n1ncc2c(Cl)nc(Cl)nc21. The van der Waals surface area contributed by atoms with Crippen molar-refractivity contribution in [1.29, 1.82) is 0 Å². The maximum Gasteiger partial charge on any atom is 0.225 e. The standard InChI is InChI=1S/C6H4Cl2N4/c1-12-5-3(2-9-12)4(7)10-6(8)11-5/h2H,1H3/i1D3. The summed E-state index contributed by atoms with van der Waals surface area (Å²) in [5, 5.41) is 4.01. The highest BCUT2D eigenvalue weighted by Gasteiger charge is 2.07. The van der Waals surface area contributed by atoms with Gasteiger partial charge in [-0.1, -0.05) is 11.6 Å². The Morgan fingerprint density at radius 3 is 3.08 bits per heavy atom. The number of halogens is 2. The van der Waals surface area contributed by atoms with E-state index in [1.807, 2.05) is 0 Å². The second-order valence-electron chi connectivity index (χ2n) is 2.08. The zero-order valence-electron chi connectivity index (χ0n) is 8.62. The van der Waals surface area contributed by atoms with E-state index in [-0.39, 0.29) is 16.1 Å². The molecule has 0 radical (unpaired) electrons. The largest absolute Gasteiger partial charge is 0.250 e. The van der Waals surface area contributed by atoms with E-state index in [0.29, 0.717) is 5.39 Å². The van der Waals surface area contributed by atoms with Crippen LogP contribution in [-0.4, -0.2) is 19.7 Å². The van der Waals surface area contributed by atoms with Crippen molar-refractivity contribution >= 4 is 34.2 Å². The summed E-state index contributed by atoms with van der Waals surface area (Å²) in [5.41, 5.74) is 0.0972. The molecule has 0 aliphatic heterocycles. The smallest absolute Gasteiger partial charge is 0.225 e. The monoisotopic (exact) mass is 205 g/mol. The lowest BCUT2D eigenvalue weighted by molar-refractivity contribution is 0.785. The minimum atomic E-state index is -2.41. The zero-order chi connectivity index (χ0) is 11.2.